The van der Waals surface area contributed by atoms with E-state index in [4.69, 9.17) is 0 Å². The zero-order chi connectivity index (χ0) is 12.6. The number of hydrogen-bond acceptors (Lipinski definition) is 2. The first-order chi connectivity index (χ1) is 7.56. The second-order valence-electron chi connectivity index (χ2n) is 5.16. The van der Waals surface area contributed by atoms with E-state index in [1.165, 1.54) is 25.8 Å². The quantitative estimate of drug-likeness (QED) is 0.652. The molecule has 2 heteroatoms. The number of nitrogens with one attached hydrogen (secondary N) is 1. The third kappa shape index (κ3) is 5.86. The smallest absolute Gasteiger partial charge is 0.0218 e. The van der Waals surface area contributed by atoms with Crippen molar-refractivity contribution in [2.75, 3.05) is 20.1 Å². The van der Waals surface area contributed by atoms with Gasteiger partial charge in [0.05, 0.1) is 0 Å². The lowest BCUT2D eigenvalue weighted by atomic mass is 10.0. The van der Waals surface area contributed by atoms with Crippen molar-refractivity contribution in [2.45, 2.75) is 66.0 Å². The van der Waals surface area contributed by atoms with Crippen LogP contribution >= 0.6 is 0 Å². The van der Waals surface area contributed by atoms with Crippen molar-refractivity contribution in [1.82, 2.24) is 10.2 Å². The van der Waals surface area contributed by atoms with E-state index < -0.39 is 0 Å². The summed E-state index contributed by atoms with van der Waals surface area (Å²) < 4.78 is 0. The Hall–Kier alpha value is -0.0800. The van der Waals surface area contributed by atoms with Gasteiger partial charge in [-0.15, -0.1) is 0 Å². The van der Waals surface area contributed by atoms with Gasteiger partial charge in [-0.3, -0.25) is 0 Å². The lowest BCUT2D eigenvalue weighted by Gasteiger charge is -2.33. The van der Waals surface area contributed by atoms with E-state index in [0.29, 0.717) is 12.1 Å². The molecule has 0 bridgehead atoms. The molecule has 0 aromatic heterocycles. The summed E-state index contributed by atoms with van der Waals surface area (Å²) >= 11 is 0. The predicted molar refractivity (Wildman–Crippen MR) is 73.9 cm³/mol. The van der Waals surface area contributed by atoms with Crippen molar-refractivity contribution in [3.63, 3.8) is 0 Å². The summed E-state index contributed by atoms with van der Waals surface area (Å²) in [7, 11) is 2.26. The molecule has 0 aliphatic rings. The topological polar surface area (TPSA) is 15.3 Å². The van der Waals surface area contributed by atoms with E-state index in [2.05, 4.69) is 51.9 Å². The number of rotatable bonds is 9. The highest BCUT2D eigenvalue weighted by Gasteiger charge is 2.19. The standard InChI is InChI=1S/C14H32N2/c1-7-10-15-14(9-3)13(5)16(6)11-12(4)8-2/h12-15H,7-11H2,1-6H3. The summed E-state index contributed by atoms with van der Waals surface area (Å²) in [6.07, 6.45) is 3.71. The fourth-order valence-corrected chi connectivity index (χ4v) is 2.08. The van der Waals surface area contributed by atoms with Crippen LogP contribution in [0.3, 0.4) is 0 Å². The molecule has 0 radical (unpaired) electrons. The minimum atomic E-state index is 0.630. The number of hydrogen-bond donors (Lipinski definition) is 1. The molecule has 3 atom stereocenters. The summed E-state index contributed by atoms with van der Waals surface area (Å²) in [5.74, 6) is 0.802. The Balaban J connectivity index is 4.09. The van der Waals surface area contributed by atoms with Crippen molar-refractivity contribution in [3.05, 3.63) is 0 Å². The maximum absolute atomic E-state index is 3.65. The molecule has 0 fully saturated rings. The van der Waals surface area contributed by atoms with Crippen LogP contribution in [0.25, 0.3) is 0 Å². The summed E-state index contributed by atoms with van der Waals surface area (Å²) in [6.45, 7) is 13.8. The maximum Gasteiger partial charge on any atom is 0.0218 e. The number of likely N-dealkylation sites (N-methyl/N-ethyl adjacent to an activating group) is 1. The molecule has 0 aliphatic heterocycles. The monoisotopic (exact) mass is 228 g/mol. The molecule has 0 saturated heterocycles. The van der Waals surface area contributed by atoms with Gasteiger partial charge in [0.15, 0.2) is 0 Å². The van der Waals surface area contributed by atoms with Crippen LogP contribution in [0.5, 0.6) is 0 Å². The number of nitrogens with zero attached hydrogens (tertiary/aromatic N) is 1. The van der Waals surface area contributed by atoms with Gasteiger partial charge in [-0.25, -0.2) is 0 Å². The lowest BCUT2D eigenvalue weighted by molar-refractivity contribution is 0.179. The van der Waals surface area contributed by atoms with E-state index in [-0.39, 0.29) is 0 Å². The van der Waals surface area contributed by atoms with Gasteiger partial charge in [-0.05, 0) is 39.3 Å². The van der Waals surface area contributed by atoms with Crippen LogP contribution in [-0.2, 0) is 0 Å². The van der Waals surface area contributed by atoms with Crippen molar-refractivity contribution < 1.29 is 0 Å². The second kappa shape index (κ2) is 9.00. The Bertz CT molecular complexity index is 159. The van der Waals surface area contributed by atoms with Crippen LogP contribution in [0.15, 0.2) is 0 Å². The van der Waals surface area contributed by atoms with Gasteiger partial charge in [-0.2, -0.15) is 0 Å². The molecule has 16 heavy (non-hydrogen) atoms. The highest BCUT2D eigenvalue weighted by Crippen LogP contribution is 2.10. The fourth-order valence-electron chi connectivity index (χ4n) is 2.08. The Morgan fingerprint density at radius 2 is 1.69 bits per heavy atom. The van der Waals surface area contributed by atoms with Crippen molar-refractivity contribution in [2.24, 2.45) is 5.92 Å². The Morgan fingerprint density at radius 3 is 2.12 bits per heavy atom. The molecule has 0 saturated carbocycles. The average Bonchev–Trinajstić information content (AvgIpc) is 2.29. The van der Waals surface area contributed by atoms with Crippen molar-refractivity contribution in [1.29, 1.82) is 0 Å². The average molecular weight is 228 g/mol. The predicted octanol–water partition coefficient (Wildman–Crippen LogP) is 3.13. The van der Waals surface area contributed by atoms with Crippen LogP contribution in [0.1, 0.15) is 53.9 Å². The third-order valence-electron chi connectivity index (χ3n) is 3.67. The van der Waals surface area contributed by atoms with E-state index >= 15 is 0 Å². The first kappa shape index (κ1) is 15.9. The van der Waals surface area contributed by atoms with Crippen molar-refractivity contribution in [3.8, 4) is 0 Å². The van der Waals surface area contributed by atoms with E-state index in [0.717, 1.165) is 12.5 Å². The molecule has 1 N–H and O–H groups in total. The van der Waals surface area contributed by atoms with Gasteiger partial charge < -0.3 is 10.2 Å². The molecule has 2 nitrogen and oxygen atoms in total. The zero-order valence-electron chi connectivity index (χ0n) is 12.2. The molecular formula is C14H32N2. The summed E-state index contributed by atoms with van der Waals surface area (Å²) in [5, 5.41) is 3.65. The van der Waals surface area contributed by atoms with Crippen molar-refractivity contribution >= 4 is 0 Å². The maximum atomic E-state index is 3.65. The molecule has 0 rings (SSSR count). The molecule has 0 spiro atoms. The van der Waals surface area contributed by atoms with Crippen LogP contribution in [0.4, 0.5) is 0 Å². The molecule has 0 heterocycles. The molecular weight excluding hydrogens is 196 g/mol. The van der Waals surface area contributed by atoms with E-state index in [1.807, 2.05) is 0 Å². The highest BCUT2D eigenvalue weighted by molar-refractivity contribution is 4.79. The zero-order valence-corrected chi connectivity index (χ0v) is 12.2. The molecule has 0 aromatic rings. The SMILES string of the molecule is CCCNC(CC)C(C)N(C)CC(C)CC. The van der Waals surface area contributed by atoms with E-state index in [1.54, 1.807) is 0 Å². The molecule has 98 valence electrons. The van der Waals surface area contributed by atoms with Gasteiger partial charge in [0, 0.05) is 18.6 Å². The minimum Gasteiger partial charge on any atom is -0.312 e. The molecule has 3 unspecified atom stereocenters. The summed E-state index contributed by atoms with van der Waals surface area (Å²) in [5.41, 5.74) is 0. The van der Waals surface area contributed by atoms with Gasteiger partial charge in [0.25, 0.3) is 0 Å². The first-order valence-corrected chi connectivity index (χ1v) is 7.00. The van der Waals surface area contributed by atoms with Gasteiger partial charge in [0.2, 0.25) is 0 Å². The Morgan fingerprint density at radius 1 is 1.06 bits per heavy atom. The summed E-state index contributed by atoms with van der Waals surface area (Å²) in [6, 6.07) is 1.26. The van der Waals surface area contributed by atoms with Crippen LogP contribution in [0.2, 0.25) is 0 Å². The fraction of sp³-hybridized carbons (Fsp3) is 1.00. The Labute approximate surface area is 103 Å². The van der Waals surface area contributed by atoms with Crippen LogP contribution in [-0.4, -0.2) is 37.1 Å². The van der Waals surface area contributed by atoms with Crippen LogP contribution < -0.4 is 5.32 Å². The minimum absolute atomic E-state index is 0.630. The van der Waals surface area contributed by atoms with Gasteiger partial charge in [-0.1, -0.05) is 34.1 Å². The first-order valence-electron chi connectivity index (χ1n) is 7.00. The van der Waals surface area contributed by atoms with E-state index in [9.17, 15) is 0 Å². The molecule has 0 aliphatic carbocycles. The third-order valence-corrected chi connectivity index (χ3v) is 3.67. The lowest BCUT2D eigenvalue weighted by Crippen LogP contribution is -2.48. The Kier molecular flexibility index (Phi) is 8.96. The second-order valence-corrected chi connectivity index (χ2v) is 5.16. The normalized spacial score (nSPS) is 17.4. The summed E-state index contributed by atoms with van der Waals surface area (Å²) in [4.78, 5) is 2.50. The largest absolute Gasteiger partial charge is 0.312 e. The molecule has 0 amide bonds. The van der Waals surface area contributed by atoms with Gasteiger partial charge in [0.1, 0.15) is 0 Å². The van der Waals surface area contributed by atoms with Gasteiger partial charge >= 0.3 is 0 Å². The van der Waals surface area contributed by atoms with Crippen LogP contribution in [0, 0.1) is 5.92 Å². The molecule has 0 aromatic carbocycles. The highest BCUT2D eigenvalue weighted by atomic mass is 15.2.